The summed E-state index contributed by atoms with van der Waals surface area (Å²) in [6, 6.07) is 4.60. The lowest BCUT2D eigenvalue weighted by molar-refractivity contribution is -0.348. The third-order valence-electron chi connectivity index (χ3n) is 6.82. The van der Waals surface area contributed by atoms with Crippen molar-refractivity contribution in [1.29, 1.82) is 0 Å². The van der Waals surface area contributed by atoms with Gasteiger partial charge in [-0.15, -0.1) is 4.98 Å². The number of rotatable bonds is 7. The molecule has 18 heteroatoms. The van der Waals surface area contributed by atoms with Crippen LogP contribution in [0.5, 0.6) is 0 Å². The third-order valence-corrected chi connectivity index (χ3v) is 7.67. The van der Waals surface area contributed by atoms with Gasteiger partial charge in [0, 0.05) is 15.7 Å². The van der Waals surface area contributed by atoms with Gasteiger partial charge in [-0.2, -0.15) is 39.5 Å². The number of halogens is 12. The van der Waals surface area contributed by atoms with Crippen molar-refractivity contribution in [3.05, 3.63) is 91.7 Å². The van der Waals surface area contributed by atoms with Gasteiger partial charge in [-0.1, -0.05) is 18.7 Å². The summed E-state index contributed by atoms with van der Waals surface area (Å²) in [6.45, 7) is 6.94. The second kappa shape index (κ2) is 12.3. The molecule has 6 nitrogen and oxygen atoms in total. The molecular formula is C28H16F11IN4O2. The number of alkyl halides is 10. The molecule has 2 aromatic carbocycles. The molecule has 0 saturated heterocycles. The molecule has 0 aliphatic heterocycles. The van der Waals surface area contributed by atoms with E-state index in [4.69, 9.17) is 6.57 Å². The Kier molecular flexibility index (Phi) is 9.32. The molecule has 2 amide bonds. The minimum absolute atomic E-state index is 0.0353. The smallest absolute Gasteiger partial charge is 0.361 e. The molecule has 0 unspecified atom stereocenters. The number of aromatic nitrogens is 1. The first-order valence-electron chi connectivity index (χ1n) is 12.7. The van der Waals surface area contributed by atoms with Crippen molar-refractivity contribution in [2.24, 2.45) is 5.92 Å². The lowest BCUT2D eigenvalue weighted by Gasteiger charge is -2.31. The summed E-state index contributed by atoms with van der Waals surface area (Å²) in [4.78, 5) is 34.3. The van der Waals surface area contributed by atoms with Crippen LogP contribution in [0, 0.1) is 21.9 Å². The average molecular weight is 776 g/mol. The molecule has 244 valence electrons. The van der Waals surface area contributed by atoms with Gasteiger partial charge in [0.2, 0.25) is 0 Å². The first-order chi connectivity index (χ1) is 21.2. The minimum Gasteiger partial charge on any atom is -0.361 e. The number of benzene rings is 2. The van der Waals surface area contributed by atoms with Gasteiger partial charge in [0.05, 0.1) is 28.1 Å². The fourth-order valence-corrected chi connectivity index (χ4v) is 5.07. The lowest BCUT2D eigenvalue weighted by atomic mass is 9.92. The van der Waals surface area contributed by atoms with E-state index in [1.165, 1.54) is 12.1 Å². The minimum atomic E-state index is -6.72. The van der Waals surface area contributed by atoms with Gasteiger partial charge >= 0.3 is 24.2 Å². The van der Waals surface area contributed by atoms with E-state index in [9.17, 15) is 53.5 Å². The van der Waals surface area contributed by atoms with E-state index in [2.05, 4.69) is 9.83 Å². The molecule has 0 atom stereocenters. The van der Waals surface area contributed by atoms with Gasteiger partial charge in [-0.3, -0.25) is 9.59 Å². The summed E-state index contributed by atoms with van der Waals surface area (Å²) >= 11 is 0.880. The summed E-state index contributed by atoms with van der Waals surface area (Å²) in [5, 5.41) is 1.66. The van der Waals surface area contributed by atoms with Crippen molar-refractivity contribution in [3.63, 3.8) is 0 Å². The van der Waals surface area contributed by atoms with Crippen LogP contribution in [0.1, 0.15) is 44.7 Å². The first kappa shape index (κ1) is 34.8. The largest absolute Gasteiger partial charge is 0.435 e. The summed E-state index contributed by atoms with van der Waals surface area (Å²) in [5.74, 6) is -3.89. The SMILES string of the molecule is [C-]#[N+]c1ccc(C(=O)N(CC2CC2)c2cccc(C(=O)Nc3c(I)cc(C(F)(C(F)(F)F)C(F)(F)F)cc3C(F)(F)F)c2F)cn1. The maximum Gasteiger partial charge on any atom is 0.435 e. The second-order valence-corrected chi connectivity index (χ2v) is 11.2. The van der Waals surface area contributed by atoms with Crippen molar-refractivity contribution in [2.75, 3.05) is 16.8 Å². The Morgan fingerprint density at radius 1 is 0.978 bits per heavy atom. The molecule has 1 aliphatic rings. The molecule has 0 bridgehead atoms. The fraction of sp³-hybridized carbons (Fsp3) is 0.286. The number of pyridine rings is 1. The van der Waals surface area contributed by atoms with Crippen LogP contribution in [0.4, 0.5) is 65.5 Å². The summed E-state index contributed by atoms with van der Waals surface area (Å²) in [6.07, 6.45) is -16.7. The predicted octanol–water partition coefficient (Wildman–Crippen LogP) is 8.99. The Morgan fingerprint density at radius 2 is 1.61 bits per heavy atom. The van der Waals surface area contributed by atoms with Gasteiger partial charge in [0.1, 0.15) is 6.20 Å². The Bertz CT molecular complexity index is 1700. The van der Waals surface area contributed by atoms with E-state index in [0.29, 0.717) is 12.8 Å². The molecule has 1 saturated carbocycles. The van der Waals surface area contributed by atoms with E-state index in [1.54, 1.807) is 5.32 Å². The maximum absolute atomic E-state index is 15.8. The molecule has 1 aliphatic carbocycles. The number of nitrogens with one attached hydrogen (secondary N) is 1. The summed E-state index contributed by atoms with van der Waals surface area (Å²) < 4.78 is 151. The van der Waals surface area contributed by atoms with Crippen molar-refractivity contribution in [2.45, 2.75) is 37.0 Å². The zero-order chi connectivity index (χ0) is 34.4. The van der Waals surface area contributed by atoms with E-state index >= 15 is 4.39 Å². The number of amides is 2. The normalized spacial score (nSPS) is 14.1. The maximum atomic E-state index is 15.8. The van der Waals surface area contributed by atoms with Crippen molar-refractivity contribution in [1.82, 2.24) is 4.98 Å². The standard InChI is InChI=1S/C28H16F11IN4O2/c1-41-20-8-7-14(11-42-20)24(46)44(12-13-5-6-13)19-4-2-3-16(21(19)29)23(45)43-22-17(26(31,32)33)9-15(10-18(22)40)25(30,27(34,35)36)28(37,38)39/h2-4,7-11,13H,5-6,12H2,(H,43,45). The Hall–Kier alpha value is -4.02. The molecule has 0 spiro atoms. The number of hydrogen-bond donors (Lipinski definition) is 1. The van der Waals surface area contributed by atoms with Crippen LogP contribution in [0.2, 0.25) is 0 Å². The average Bonchev–Trinajstić information content (AvgIpc) is 3.79. The lowest BCUT2D eigenvalue weighted by Crippen LogP contribution is -2.50. The van der Waals surface area contributed by atoms with Crippen LogP contribution in [0.15, 0.2) is 48.7 Å². The molecule has 1 fully saturated rings. The second-order valence-electron chi connectivity index (χ2n) is 10.0. The van der Waals surface area contributed by atoms with Crippen LogP contribution in [0.25, 0.3) is 4.85 Å². The van der Waals surface area contributed by atoms with Gasteiger partial charge in [0.15, 0.2) is 5.82 Å². The highest BCUT2D eigenvalue weighted by molar-refractivity contribution is 14.1. The van der Waals surface area contributed by atoms with Crippen LogP contribution in [0.3, 0.4) is 0 Å². The molecular weight excluding hydrogens is 760 g/mol. The molecule has 1 heterocycles. The number of nitrogens with zero attached hydrogens (tertiary/aromatic N) is 3. The number of hydrogen-bond acceptors (Lipinski definition) is 3. The van der Waals surface area contributed by atoms with Crippen LogP contribution >= 0.6 is 22.6 Å². The van der Waals surface area contributed by atoms with Crippen molar-refractivity contribution < 1.29 is 57.9 Å². The summed E-state index contributed by atoms with van der Waals surface area (Å²) in [7, 11) is 0. The zero-order valence-corrected chi connectivity index (χ0v) is 24.7. The molecule has 4 rings (SSSR count). The quantitative estimate of drug-likeness (QED) is 0.148. The van der Waals surface area contributed by atoms with Crippen LogP contribution < -0.4 is 10.2 Å². The van der Waals surface area contributed by atoms with Crippen LogP contribution in [-0.2, 0) is 11.8 Å². The van der Waals surface area contributed by atoms with Gasteiger partial charge in [0.25, 0.3) is 17.6 Å². The number of carbonyl (C=O) groups excluding carboxylic acids is 2. The Labute approximate surface area is 265 Å². The summed E-state index contributed by atoms with van der Waals surface area (Å²) in [5.41, 5.74) is -13.8. The molecule has 1 N–H and O–H groups in total. The number of carbonyl (C=O) groups is 2. The van der Waals surface area contributed by atoms with E-state index in [1.807, 2.05) is 0 Å². The Balaban J connectivity index is 1.76. The fourth-order valence-electron chi connectivity index (χ4n) is 4.31. The van der Waals surface area contributed by atoms with Crippen molar-refractivity contribution in [3.8, 4) is 0 Å². The van der Waals surface area contributed by atoms with E-state index in [0.717, 1.165) is 51.9 Å². The highest BCUT2D eigenvalue weighted by Gasteiger charge is 2.73. The van der Waals surface area contributed by atoms with E-state index in [-0.39, 0.29) is 29.9 Å². The number of anilines is 2. The van der Waals surface area contributed by atoms with Crippen LogP contribution in [-0.4, -0.2) is 35.7 Å². The Morgan fingerprint density at radius 3 is 2.11 bits per heavy atom. The van der Waals surface area contributed by atoms with Gasteiger partial charge in [-0.05, 0) is 71.7 Å². The highest BCUT2D eigenvalue weighted by atomic mass is 127. The topological polar surface area (TPSA) is 66.7 Å². The monoisotopic (exact) mass is 776 g/mol. The first-order valence-corrected chi connectivity index (χ1v) is 13.8. The molecule has 46 heavy (non-hydrogen) atoms. The van der Waals surface area contributed by atoms with E-state index < -0.39 is 79.5 Å². The predicted molar refractivity (Wildman–Crippen MR) is 148 cm³/mol. The molecule has 1 aromatic heterocycles. The molecule has 0 radical (unpaired) electrons. The van der Waals surface area contributed by atoms with Gasteiger partial charge in [-0.25, -0.2) is 8.78 Å². The molecule has 3 aromatic rings. The third kappa shape index (κ3) is 6.73. The van der Waals surface area contributed by atoms with Crippen molar-refractivity contribution >= 4 is 51.6 Å². The van der Waals surface area contributed by atoms with Gasteiger partial charge < -0.3 is 15.1 Å². The highest BCUT2D eigenvalue weighted by Crippen LogP contribution is 2.55. The zero-order valence-electron chi connectivity index (χ0n) is 22.5.